The molecule has 3 atom stereocenters. The highest BCUT2D eigenvalue weighted by Gasteiger charge is 2.29. The van der Waals surface area contributed by atoms with Gasteiger partial charge < -0.3 is 21.6 Å². The summed E-state index contributed by atoms with van der Waals surface area (Å²) in [6, 6.07) is -0.591. The second-order valence-electron chi connectivity index (χ2n) is 8.89. The van der Waals surface area contributed by atoms with E-state index >= 15 is 0 Å². The van der Waals surface area contributed by atoms with Crippen molar-refractivity contribution in [2.24, 2.45) is 40.1 Å². The van der Waals surface area contributed by atoms with Gasteiger partial charge >= 0.3 is 0 Å². The Kier molecular flexibility index (Phi) is 13.6. The highest BCUT2D eigenvalue weighted by atomic mass is 16.2. The molecular formula is C22H40N4O4. The molecule has 0 aromatic heterocycles. The minimum atomic E-state index is -0.591. The zero-order valence-corrected chi connectivity index (χ0v) is 19.1. The lowest BCUT2D eigenvalue weighted by Gasteiger charge is -2.23. The number of nitrogens with one attached hydrogen (secondary N) is 1. The second-order valence-corrected chi connectivity index (χ2v) is 8.89. The third kappa shape index (κ3) is 13.1. The summed E-state index contributed by atoms with van der Waals surface area (Å²) in [4.78, 5) is 52.6. The lowest BCUT2D eigenvalue weighted by molar-refractivity contribution is -0.132. The number of Topliss-reactive ketones (excluding diaryl/α,β-unsaturated/α-hetero) is 2. The van der Waals surface area contributed by atoms with E-state index < -0.39 is 17.9 Å². The fourth-order valence-corrected chi connectivity index (χ4v) is 3.48. The number of guanidine groups is 1. The van der Waals surface area contributed by atoms with E-state index in [0.29, 0.717) is 32.2 Å². The number of aliphatic imine (C=N–C) groups is 1. The number of nitrogens with zero attached hydrogens (tertiary/aromatic N) is 1. The van der Waals surface area contributed by atoms with Gasteiger partial charge in [-0.15, -0.1) is 0 Å². The molecule has 0 rings (SSSR count). The predicted octanol–water partition coefficient (Wildman–Crippen LogP) is 1.99. The third-order valence-electron chi connectivity index (χ3n) is 4.82. The van der Waals surface area contributed by atoms with Crippen LogP contribution in [0.3, 0.4) is 0 Å². The molecule has 0 saturated heterocycles. The monoisotopic (exact) mass is 424 g/mol. The molecule has 3 unspecified atom stereocenters. The molecule has 0 saturated carbocycles. The van der Waals surface area contributed by atoms with Gasteiger partial charge in [-0.1, -0.05) is 27.7 Å². The Hall–Kier alpha value is -2.25. The average Bonchev–Trinajstić information content (AvgIpc) is 2.61. The maximum Gasteiger partial charge on any atom is 0.217 e. The first-order valence-electron chi connectivity index (χ1n) is 10.8. The molecular weight excluding hydrogens is 384 g/mol. The molecule has 8 nitrogen and oxygen atoms in total. The van der Waals surface area contributed by atoms with E-state index in [0.717, 1.165) is 6.29 Å². The number of carbonyl (C=O) groups is 4. The minimum Gasteiger partial charge on any atom is -0.370 e. The van der Waals surface area contributed by atoms with E-state index in [-0.39, 0.29) is 48.1 Å². The van der Waals surface area contributed by atoms with Crippen LogP contribution in [-0.4, -0.2) is 42.3 Å². The Balaban J connectivity index is 5.10. The van der Waals surface area contributed by atoms with Crippen molar-refractivity contribution >= 4 is 29.7 Å². The van der Waals surface area contributed by atoms with Gasteiger partial charge in [0, 0.05) is 38.1 Å². The summed E-state index contributed by atoms with van der Waals surface area (Å²) in [6.07, 6.45) is 3.18. The Morgan fingerprint density at radius 1 is 0.967 bits per heavy atom. The molecule has 5 N–H and O–H groups in total. The van der Waals surface area contributed by atoms with Crippen molar-refractivity contribution in [3.63, 3.8) is 0 Å². The van der Waals surface area contributed by atoms with Crippen molar-refractivity contribution in [2.45, 2.75) is 79.2 Å². The van der Waals surface area contributed by atoms with Crippen molar-refractivity contribution < 1.29 is 19.2 Å². The highest BCUT2D eigenvalue weighted by molar-refractivity contribution is 5.93. The van der Waals surface area contributed by atoms with E-state index in [2.05, 4.69) is 10.3 Å². The smallest absolute Gasteiger partial charge is 0.217 e. The van der Waals surface area contributed by atoms with Crippen molar-refractivity contribution in [2.75, 3.05) is 6.54 Å². The van der Waals surface area contributed by atoms with Crippen LogP contribution in [0.5, 0.6) is 0 Å². The first kappa shape index (κ1) is 27.8. The van der Waals surface area contributed by atoms with Gasteiger partial charge in [0.15, 0.2) is 11.7 Å². The van der Waals surface area contributed by atoms with Gasteiger partial charge in [0.25, 0.3) is 0 Å². The van der Waals surface area contributed by atoms with Crippen LogP contribution in [0.1, 0.15) is 73.1 Å². The zero-order chi connectivity index (χ0) is 23.3. The Bertz CT molecular complexity index is 598. The molecule has 0 aromatic carbocycles. The first-order chi connectivity index (χ1) is 14.0. The standard InChI is InChI=1S/C22H40N4O4/c1-14(2)9-18(12-21(30)19(10-15(3)4)26-16(5)28)20(29)11-17(13-27)7-6-8-25-22(23)24/h13-15,17-19H,6-12H2,1-5H3,(H,26,28)(H4,23,24,25). The van der Waals surface area contributed by atoms with Gasteiger partial charge in [-0.25, -0.2) is 0 Å². The summed E-state index contributed by atoms with van der Waals surface area (Å²) < 4.78 is 0. The summed E-state index contributed by atoms with van der Waals surface area (Å²) >= 11 is 0. The second kappa shape index (κ2) is 14.7. The predicted molar refractivity (Wildman–Crippen MR) is 119 cm³/mol. The topological polar surface area (TPSA) is 145 Å². The average molecular weight is 425 g/mol. The normalized spacial score (nSPS) is 14.1. The molecule has 0 bridgehead atoms. The fourth-order valence-electron chi connectivity index (χ4n) is 3.48. The minimum absolute atomic E-state index is 0.000591. The number of hydrogen-bond acceptors (Lipinski definition) is 5. The summed E-state index contributed by atoms with van der Waals surface area (Å²) in [5.41, 5.74) is 10.6. The summed E-state index contributed by atoms with van der Waals surface area (Å²) in [6.45, 7) is 9.75. The number of amides is 1. The van der Waals surface area contributed by atoms with Crippen LogP contribution in [0, 0.1) is 23.7 Å². The van der Waals surface area contributed by atoms with E-state index in [9.17, 15) is 19.2 Å². The Morgan fingerprint density at radius 3 is 2.03 bits per heavy atom. The van der Waals surface area contributed by atoms with Crippen LogP contribution in [-0.2, 0) is 19.2 Å². The molecule has 0 radical (unpaired) electrons. The number of nitrogens with two attached hydrogens (primary N) is 2. The maximum atomic E-state index is 12.9. The molecule has 0 spiro atoms. The number of rotatable bonds is 16. The van der Waals surface area contributed by atoms with Crippen molar-refractivity contribution in [3.05, 3.63) is 0 Å². The van der Waals surface area contributed by atoms with Crippen molar-refractivity contribution in [1.29, 1.82) is 0 Å². The lowest BCUT2D eigenvalue weighted by atomic mass is 9.82. The van der Waals surface area contributed by atoms with Gasteiger partial charge in [0.2, 0.25) is 5.91 Å². The molecule has 1 amide bonds. The molecule has 8 heteroatoms. The van der Waals surface area contributed by atoms with Crippen LogP contribution >= 0.6 is 0 Å². The number of aldehydes is 1. The molecule has 0 aliphatic rings. The van der Waals surface area contributed by atoms with E-state index in [1.165, 1.54) is 6.92 Å². The van der Waals surface area contributed by atoms with E-state index in [4.69, 9.17) is 11.5 Å². The largest absolute Gasteiger partial charge is 0.370 e. The first-order valence-corrected chi connectivity index (χ1v) is 10.8. The van der Waals surface area contributed by atoms with Crippen LogP contribution in [0.2, 0.25) is 0 Å². The maximum absolute atomic E-state index is 12.9. The quantitative estimate of drug-likeness (QED) is 0.149. The highest BCUT2D eigenvalue weighted by Crippen LogP contribution is 2.23. The number of hydrogen-bond donors (Lipinski definition) is 3. The van der Waals surface area contributed by atoms with Crippen LogP contribution in [0.15, 0.2) is 4.99 Å². The van der Waals surface area contributed by atoms with Crippen molar-refractivity contribution in [1.82, 2.24) is 5.32 Å². The number of ketones is 2. The number of carbonyl (C=O) groups excluding carboxylic acids is 4. The van der Waals surface area contributed by atoms with Crippen LogP contribution < -0.4 is 16.8 Å². The molecule has 0 heterocycles. The van der Waals surface area contributed by atoms with Gasteiger partial charge in [0.1, 0.15) is 12.1 Å². The zero-order valence-electron chi connectivity index (χ0n) is 19.1. The summed E-state index contributed by atoms with van der Waals surface area (Å²) in [5.74, 6) is -0.890. The Labute approximate surface area is 180 Å². The molecule has 0 aliphatic carbocycles. The summed E-state index contributed by atoms with van der Waals surface area (Å²) in [5, 5.41) is 2.72. The van der Waals surface area contributed by atoms with E-state index in [1.54, 1.807) is 0 Å². The van der Waals surface area contributed by atoms with Gasteiger partial charge in [-0.3, -0.25) is 19.4 Å². The molecule has 0 aliphatic heterocycles. The van der Waals surface area contributed by atoms with Crippen molar-refractivity contribution in [3.8, 4) is 0 Å². The molecule has 0 fully saturated rings. The van der Waals surface area contributed by atoms with Crippen LogP contribution in [0.25, 0.3) is 0 Å². The summed E-state index contributed by atoms with van der Waals surface area (Å²) in [7, 11) is 0. The van der Waals surface area contributed by atoms with Gasteiger partial charge in [0.05, 0.1) is 6.04 Å². The Morgan fingerprint density at radius 2 is 1.57 bits per heavy atom. The van der Waals surface area contributed by atoms with Crippen LogP contribution in [0.4, 0.5) is 0 Å². The third-order valence-corrected chi connectivity index (χ3v) is 4.82. The lowest BCUT2D eigenvalue weighted by Crippen LogP contribution is -2.42. The fraction of sp³-hybridized carbons (Fsp3) is 0.773. The molecule has 172 valence electrons. The molecule has 0 aromatic rings. The SMILES string of the molecule is CC(=O)NC(CC(C)C)C(=O)CC(CC(C)C)C(=O)CC(C=O)CCCN=C(N)N. The van der Waals surface area contributed by atoms with E-state index in [1.807, 2.05) is 27.7 Å². The van der Waals surface area contributed by atoms with Gasteiger partial charge in [-0.05, 0) is 37.5 Å². The molecule has 30 heavy (non-hydrogen) atoms. The van der Waals surface area contributed by atoms with Gasteiger partial charge in [-0.2, -0.15) is 0 Å².